The number of amidine groups is 1. The zero-order valence-corrected chi connectivity index (χ0v) is 12.5. The SMILES string of the molecule is CS(=O)(=O)n1cc(CC2=NCCN2)c2ccc(Cl)cc21. The van der Waals surface area contributed by atoms with Crippen LogP contribution in [0.4, 0.5) is 0 Å². The van der Waals surface area contributed by atoms with E-state index in [1.165, 1.54) is 10.2 Å². The molecule has 0 fully saturated rings. The van der Waals surface area contributed by atoms with Gasteiger partial charge in [-0.05, 0) is 17.7 Å². The van der Waals surface area contributed by atoms with Crippen molar-refractivity contribution in [3.05, 3.63) is 35.0 Å². The van der Waals surface area contributed by atoms with Crippen LogP contribution in [0.5, 0.6) is 0 Å². The average molecular weight is 312 g/mol. The molecule has 0 bridgehead atoms. The molecule has 2 aromatic rings. The zero-order chi connectivity index (χ0) is 14.3. The van der Waals surface area contributed by atoms with E-state index in [-0.39, 0.29) is 0 Å². The number of fused-ring (bicyclic) bond motifs is 1. The van der Waals surface area contributed by atoms with E-state index in [1.54, 1.807) is 18.3 Å². The first-order chi connectivity index (χ1) is 9.45. The van der Waals surface area contributed by atoms with Crippen molar-refractivity contribution < 1.29 is 8.42 Å². The second-order valence-corrected chi connectivity index (χ2v) is 7.10. The van der Waals surface area contributed by atoms with Gasteiger partial charge in [0.25, 0.3) is 0 Å². The molecule has 1 N–H and O–H groups in total. The molecule has 7 heteroatoms. The maximum atomic E-state index is 11.9. The van der Waals surface area contributed by atoms with Gasteiger partial charge in [0.15, 0.2) is 0 Å². The van der Waals surface area contributed by atoms with Crippen molar-refractivity contribution in [1.82, 2.24) is 9.29 Å². The second kappa shape index (κ2) is 4.79. The van der Waals surface area contributed by atoms with Crippen LogP contribution in [-0.2, 0) is 16.4 Å². The molecule has 1 aliphatic rings. The number of aromatic nitrogens is 1. The van der Waals surface area contributed by atoms with Crippen LogP contribution < -0.4 is 5.32 Å². The number of hydrogen-bond donors (Lipinski definition) is 1. The predicted molar refractivity (Wildman–Crippen MR) is 81.2 cm³/mol. The minimum Gasteiger partial charge on any atom is -0.372 e. The monoisotopic (exact) mass is 311 g/mol. The Kier molecular flexibility index (Phi) is 3.22. The lowest BCUT2D eigenvalue weighted by Crippen LogP contribution is -2.20. The highest BCUT2D eigenvalue weighted by Crippen LogP contribution is 2.26. The highest BCUT2D eigenvalue weighted by Gasteiger charge is 2.17. The summed E-state index contributed by atoms with van der Waals surface area (Å²) >= 11 is 5.98. The molecule has 0 amide bonds. The van der Waals surface area contributed by atoms with Crippen molar-refractivity contribution in [2.45, 2.75) is 6.42 Å². The summed E-state index contributed by atoms with van der Waals surface area (Å²) in [6, 6.07) is 5.29. The molecule has 106 valence electrons. The van der Waals surface area contributed by atoms with Gasteiger partial charge >= 0.3 is 0 Å². The quantitative estimate of drug-likeness (QED) is 0.937. The van der Waals surface area contributed by atoms with Gasteiger partial charge < -0.3 is 5.32 Å². The predicted octanol–water partition coefficient (Wildman–Crippen LogP) is 1.65. The van der Waals surface area contributed by atoms with Crippen molar-refractivity contribution >= 4 is 38.4 Å². The lowest BCUT2D eigenvalue weighted by Gasteiger charge is -2.01. The number of aliphatic imine (C=N–C) groups is 1. The van der Waals surface area contributed by atoms with Crippen LogP contribution in [0.3, 0.4) is 0 Å². The van der Waals surface area contributed by atoms with Crippen molar-refractivity contribution in [2.24, 2.45) is 4.99 Å². The third kappa shape index (κ3) is 2.41. The van der Waals surface area contributed by atoms with Gasteiger partial charge in [0, 0.05) is 29.6 Å². The minimum atomic E-state index is -3.36. The van der Waals surface area contributed by atoms with E-state index in [4.69, 9.17) is 11.6 Å². The summed E-state index contributed by atoms with van der Waals surface area (Å²) in [6.45, 7) is 1.61. The van der Waals surface area contributed by atoms with Gasteiger partial charge in [-0.25, -0.2) is 12.4 Å². The normalized spacial score (nSPS) is 15.4. The number of hydrogen-bond acceptors (Lipinski definition) is 4. The highest BCUT2D eigenvalue weighted by atomic mass is 35.5. The molecular weight excluding hydrogens is 298 g/mol. The van der Waals surface area contributed by atoms with E-state index in [1.807, 2.05) is 6.07 Å². The van der Waals surface area contributed by atoms with E-state index in [9.17, 15) is 8.42 Å². The third-order valence-corrected chi connectivity index (χ3v) is 4.53. The first-order valence-electron chi connectivity index (χ1n) is 6.22. The van der Waals surface area contributed by atoms with Crippen LogP contribution in [0.25, 0.3) is 10.9 Å². The Balaban J connectivity index is 2.17. The van der Waals surface area contributed by atoms with Gasteiger partial charge in [0.2, 0.25) is 10.0 Å². The van der Waals surface area contributed by atoms with Crippen LogP contribution in [0.1, 0.15) is 5.56 Å². The molecule has 2 heterocycles. The second-order valence-electron chi connectivity index (χ2n) is 4.81. The van der Waals surface area contributed by atoms with Crippen molar-refractivity contribution in [2.75, 3.05) is 19.3 Å². The van der Waals surface area contributed by atoms with Crippen LogP contribution in [0.15, 0.2) is 29.4 Å². The van der Waals surface area contributed by atoms with Gasteiger partial charge in [-0.2, -0.15) is 0 Å². The summed E-state index contributed by atoms with van der Waals surface area (Å²) in [5.41, 5.74) is 1.53. The highest BCUT2D eigenvalue weighted by molar-refractivity contribution is 7.89. The number of halogens is 1. The van der Waals surface area contributed by atoms with E-state index >= 15 is 0 Å². The molecule has 5 nitrogen and oxygen atoms in total. The minimum absolute atomic E-state index is 0.517. The van der Waals surface area contributed by atoms with E-state index in [0.29, 0.717) is 17.0 Å². The molecule has 1 aliphatic heterocycles. The number of benzene rings is 1. The lowest BCUT2D eigenvalue weighted by atomic mass is 10.1. The smallest absolute Gasteiger partial charge is 0.236 e. The molecule has 0 unspecified atom stereocenters. The molecule has 20 heavy (non-hydrogen) atoms. The fraction of sp³-hybridized carbons (Fsp3) is 0.308. The van der Waals surface area contributed by atoms with Gasteiger partial charge in [-0.15, -0.1) is 0 Å². The Labute approximate surface area is 122 Å². The maximum Gasteiger partial charge on any atom is 0.236 e. The molecule has 0 atom stereocenters. The first kappa shape index (κ1) is 13.5. The van der Waals surface area contributed by atoms with Crippen LogP contribution in [0, 0.1) is 0 Å². The van der Waals surface area contributed by atoms with Crippen LogP contribution in [-0.4, -0.2) is 37.6 Å². The molecule has 1 aromatic heterocycles. The molecule has 1 aromatic carbocycles. The molecule has 0 saturated heterocycles. The van der Waals surface area contributed by atoms with Gasteiger partial charge in [0.1, 0.15) is 5.84 Å². The summed E-state index contributed by atoms with van der Waals surface area (Å²) < 4.78 is 25.0. The molecular formula is C13H14ClN3O2S. The number of nitrogens with one attached hydrogen (secondary N) is 1. The Bertz CT molecular complexity index is 808. The standard InChI is InChI=1S/C13H14ClN3O2S/c1-20(18,19)17-8-9(6-13-15-4-5-16-13)11-3-2-10(14)7-12(11)17/h2-3,7-8H,4-6H2,1H3,(H,15,16). The topological polar surface area (TPSA) is 63.5 Å². The lowest BCUT2D eigenvalue weighted by molar-refractivity contribution is 0.595. The van der Waals surface area contributed by atoms with Gasteiger partial charge in [0.05, 0.1) is 18.3 Å². The average Bonchev–Trinajstić information content (AvgIpc) is 2.97. The summed E-state index contributed by atoms with van der Waals surface area (Å²) in [5.74, 6) is 0.896. The van der Waals surface area contributed by atoms with Crippen LogP contribution >= 0.6 is 11.6 Å². The largest absolute Gasteiger partial charge is 0.372 e. The summed E-state index contributed by atoms with van der Waals surface area (Å²) in [5, 5.41) is 4.60. The van der Waals surface area contributed by atoms with E-state index < -0.39 is 10.0 Å². The third-order valence-electron chi connectivity index (χ3n) is 3.27. The summed E-state index contributed by atoms with van der Waals surface area (Å²) in [4.78, 5) is 4.35. The molecule has 0 radical (unpaired) electrons. The fourth-order valence-corrected chi connectivity index (χ4v) is 3.39. The number of nitrogens with zero attached hydrogens (tertiary/aromatic N) is 2. The van der Waals surface area contributed by atoms with Crippen LogP contribution in [0.2, 0.25) is 5.02 Å². The Morgan fingerprint density at radius 3 is 2.90 bits per heavy atom. The van der Waals surface area contributed by atoms with Crippen molar-refractivity contribution in [3.8, 4) is 0 Å². The van der Waals surface area contributed by atoms with Gasteiger partial charge in [-0.1, -0.05) is 17.7 Å². The first-order valence-corrected chi connectivity index (χ1v) is 8.45. The molecule has 0 spiro atoms. The molecule has 0 saturated carbocycles. The number of rotatable bonds is 3. The zero-order valence-electron chi connectivity index (χ0n) is 10.9. The van der Waals surface area contributed by atoms with Gasteiger partial charge in [-0.3, -0.25) is 4.99 Å². The molecule has 0 aliphatic carbocycles. The van der Waals surface area contributed by atoms with E-state index in [0.717, 1.165) is 29.9 Å². The van der Waals surface area contributed by atoms with E-state index in [2.05, 4.69) is 10.3 Å². The fourth-order valence-electron chi connectivity index (χ4n) is 2.40. The van der Waals surface area contributed by atoms with Crippen molar-refractivity contribution in [3.63, 3.8) is 0 Å². The Morgan fingerprint density at radius 1 is 1.45 bits per heavy atom. The Morgan fingerprint density at radius 2 is 2.25 bits per heavy atom. The maximum absolute atomic E-state index is 11.9. The summed E-state index contributed by atoms with van der Waals surface area (Å²) in [7, 11) is -3.36. The molecule has 3 rings (SSSR count). The van der Waals surface area contributed by atoms with Crippen molar-refractivity contribution in [1.29, 1.82) is 0 Å². The Hall–Kier alpha value is -1.53. The summed E-state index contributed by atoms with van der Waals surface area (Å²) in [6.07, 6.45) is 3.43.